The number of aromatic nitrogens is 1. The molecule has 0 unspecified atom stereocenters. The Kier molecular flexibility index (Phi) is 7.09. The molecule has 1 rings (SSSR count). The number of methoxy groups -OCH3 is 1. The molecule has 0 aliphatic heterocycles. The van der Waals surface area contributed by atoms with E-state index in [-0.39, 0.29) is 5.96 Å². The van der Waals surface area contributed by atoms with Gasteiger partial charge in [-0.15, -0.1) is 0 Å². The third-order valence-electron chi connectivity index (χ3n) is 2.07. The minimum Gasteiger partial charge on any atom is -0.383 e. The van der Waals surface area contributed by atoms with Crippen LogP contribution in [0.3, 0.4) is 0 Å². The first-order chi connectivity index (χ1) is 9.13. The fraction of sp³-hybridized carbons (Fsp3) is 0.364. The molecule has 0 spiro atoms. The number of hydrogen-bond acceptors (Lipinski definition) is 4. The highest BCUT2D eigenvalue weighted by atomic mass is 35.5. The summed E-state index contributed by atoms with van der Waals surface area (Å²) in [5.41, 5.74) is 6.34. The first-order valence-electron chi connectivity index (χ1n) is 5.56. The second kappa shape index (κ2) is 8.63. The second-order valence-electron chi connectivity index (χ2n) is 3.50. The maximum Gasteiger partial charge on any atom is 0.194 e. The van der Waals surface area contributed by atoms with Crippen molar-refractivity contribution in [3.8, 4) is 0 Å². The van der Waals surface area contributed by atoms with Gasteiger partial charge in [0.05, 0.1) is 30.4 Å². The maximum atomic E-state index is 5.97. The molecular weight excluding hydrogens is 286 g/mol. The number of pyridine rings is 1. The van der Waals surface area contributed by atoms with Gasteiger partial charge in [-0.3, -0.25) is 9.98 Å². The lowest BCUT2D eigenvalue weighted by atomic mass is 10.3. The second-order valence-corrected chi connectivity index (χ2v) is 4.31. The van der Waals surface area contributed by atoms with Gasteiger partial charge in [-0.2, -0.15) is 0 Å². The highest BCUT2D eigenvalue weighted by molar-refractivity contribution is 7.80. The Labute approximate surface area is 122 Å². The van der Waals surface area contributed by atoms with Gasteiger partial charge in [0, 0.05) is 13.3 Å². The van der Waals surface area contributed by atoms with Crippen LogP contribution in [0.15, 0.2) is 23.3 Å². The monoisotopic (exact) mass is 301 g/mol. The summed E-state index contributed by atoms with van der Waals surface area (Å²) in [6, 6.07) is 3.53. The fourth-order valence-electron chi connectivity index (χ4n) is 1.17. The van der Waals surface area contributed by atoms with Gasteiger partial charge in [0.1, 0.15) is 0 Å². The Morgan fingerprint density at radius 3 is 3.11 bits per heavy atom. The van der Waals surface area contributed by atoms with Crippen LogP contribution in [0.5, 0.6) is 0 Å². The van der Waals surface area contributed by atoms with Crippen molar-refractivity contribution in [1.82, 2.24) is 15.6 Å². The first-order valence-corrected chi connectivity index (χ1v) is 6.35. The van der Waals surface area contributed by atoms with Gasteiger partial charge in [-0.1, -0.05) is 11.6 Å². The lowest BCUT2D eigenvalue weighted by Crippen LogP contribution is -2.43. The van der Waals surface area contributed by atoms with E-state index in [0.717, 1.165) is 0 Å². The van der Waals surface area contributed by atoms with Crippen LogP contribution in [-0.4, -0.2) is 36.3 Å². The van der Waals surface area contributed by atoms with Crippen molar-refractivity contribution < 1.29 is 4.74 Å². The van der Waals surface area contributed by atoms with E-state index in [1.54, 1.807) is 25.4 Å². The van der Waals surface area contributed by atoms with Gasteiger partial charge in [0.15, 0.2) is 11.1 Å². The van der Waals surface area contributed by atoms with Crippen molar-refractivity contribution in [2.24, 2.45) is 10.7 Å². The third kappa shape index (κ3) is 6.32. The molecule has 6 nitrogen and oxygen atoms in total. The van der Waals surface area contributed by atoms with Crippen molar-refractivity contribution >= 4 is 34.9 Å². The molecule has 0 saturated carbocycles. The molecule has 0 amide bonds. The number of thiocarbonyl (C=S) groups is 1. The smallest absolute Gasteiger partial charge is 0.194 e. The van der Waals surface area contributed by atoms with Crippen molar-refractivity contribution in [3.05, 3.63) is 29.0 Å². The zero-order valence-electron chi connectivity index (χ0n) is 10.5. The largest absolute Gasteiger partial charge is 0.383 e. The van der Waals surface area contributed by atoms with Crippen LogP contribution >= 0.6 is 23.8 Å². The normalized spacial score (nSPS) is 11.2. The van der Waals surface area contributed by atoms with Crippen molar-refractivity contribution in [2.75, 3.05) is 20.3 Å². The van der Waals surface area contributed by atoms with Gasteiger partial charge in [-0.05, 0) is 24.4 Å². The Hall–Kier alpha value is -1.44. The van der Waals surface area contributed by atoms with Gasteiger partial charge < -0.3 is 21.1 Å². The molecular formula is C11H16ClN5OS. The Morgan fingerprint density at radius 1 is 1.63 bits per heavy atom. The van der Waals surface area contributed by atoms with Crippen LogP contribution in [0.4, 0.5) is 0 Å². The highest BCUT2D eigenvalue weighted by Crippen LogP contribution is 2.11. The van der Waals surface area contributed by atoms with Crippen molar-refractivity contribution in [1.29, 1.82) is 0 Å². The molecule has 0 bridgehead atoms. The van der Waals surface area contributed by atoms with E-state index in [4.69, 9.17) is 34.3 Å². The van der Waals surface area contributed by atoms with Gasteiger partial charge in [-0.25, -0.2) is 0 Å². The zero-order valence-corrected chi connectivity index (χ0v) is 12.1. The summed E-state index contributed by atoms with van der Waals surface area (Å²) in [4.78, 5) is 8.15. The number of nitrogens with one attached hydrogen (secondary N) is 2. The van der Waals surface area contributed by atoms with Crippen LogP contribution in [0.2, 0.25) is 5.02 Å². The average molecular weight is 302 g/mol. The maximum absolute atomic E-state index is 5.97. The Morgan fingerprint density at radius 2 is 2.42 bits per heavy atom. The van der Waals surface area contributed by atoms with E-state index in [9.17, 15) is 0 Å². The average Bonchev–Trinajstić information content (AvgIpc) is 2.38. The summed E-state index contributed by atoms with van der Waals surface area (Å²) in [7, 11) is 1.60. The first kappa shape index (κ1) is 15.6. The van der Waals surface area contributed by atoms with Crippen LogP contribution in [-0.2, 0) is 11.3 Å². The molecule has 1 aromatic rings. The number of hydrogen-bond donors (Lipinski definition) is 3. The summed E-state index contributed by atoms with van der Waals surface area (Å²) >= 11 is 11.0. The molecule has 104 valence electrons. The van der Waals surface area contributed by atoms with Crippen LogP contribution in [0.25, 0.3) is 0 Å². The molecule has 1 heterocycles. The van der Waals surface area contributed by atoms with Gasteiger partial charge in [0.25, 0.3) is 0 Å². The summed E-state index contributed by atoms with van der Waals surface area (Å²) < 4.78 is 4.85. The standard InChI is InChI=1S/C11H16ClN5OS/c1-18-6-5-15-10(13)17-11(19)16-7-9-8(12)3-2-4-14-9/h2-4H,5-7H2,1H3,(H4,13,15,16,17,19). The number of rotatable bonds is 5. The van der Waals surface area contributed by atoms with Gasteiger partial charge >= 0.3 is 0 Å². The predicted molar refractivity (Wildman–Crippen MR) is 80.2 cm³/mol. The number of nitrogens with two attached hydrogens (primary N) is 1. The molecule has 0 fully saturated rings. The number of halogens is 1. The molecule has 8 heteroatoms. The minimum absolute atomic E-state index is 0.238. The molecule has 0 aliphatic carbocycles. The predicted octanol–water partition coefficient (Wildman–Crippen LogP) is 0.660. The van der Waals surface area contributed by atoms with E-state index in [0.29, 0.717) is 35.5 Å². The summed E-state index contributed by atoms with van der Waals surface area (Å²) in [6.07, 6.45) is 1.67. The summed E-state index contributed by atoms with van der Waals surface area (Å²) in [5.74, 6) is 0.238. The zero-order chi connectivity index (χ0) is 14.1. The quantitative estimate of drug-likeness (QED) is 0.321. The minimum atomic E-state index is 0.238. The van der Waals surface area contributed by atoms with Crippen molar-refractivity contribution in [2.45, 2.75) is 6.54 Å². The van der Waals surface area contributed by atoms with Crippen LogP contribution in [0.1, 0.15) is 5.69 Å². The topological polar surface area (TPSA) is 84.6 Å². The molecule has 1 aromatic heterocycles. The van der Waals surface area contributed by atoms with E-state index < -0.39 is 0 Å². The molecule has 0 aromatic carbocycles. The Bertz CT molecular complexity index is 454. The molecule has 0 saturated heterocycles. The van der Waals surface area contributed by atoms with E-state index in [1.807, 2.05) is 0 Å². The van der Waals surface area contributed by atoms with Gasteiger partial charge in [0.2, 0.25) is 0 Å². The van der Waals surface area contributed by atoms with E-state index in [1.165, 1.54) is 0 Å². The lowest BCUT2D eigenvalue weighted by Gasteiger charge is -2.10. The highest BCUT2D eigenvalue weighted by Gasteiger charge is 2.02. The molecule has 0 radical (unpaired) electrons. The molecule has 0 atom stereocenters. The number of guanidine groups is 1. The third-order valence-corrected chi connectivity index (χ3v) is 2.66. The van der Waals surface area contributed by atoms with Crippen LogP contribution in [0, 0.1) is 0 Å². The number of aliphatic imine (C=N–C) groups is 1. The molecule has 0 aliphatic rings. The molecule has 4 N–H and O–H groups in total. The lowest BCUT2D eigenvalue weighted by molar-refractivity contribution is 0.208. The molecule has 19 heavy (non-hydrogen) atoms. The van der Waals surface area contributed by atoms with E-state index >= 15 is 0 Å². The number of ether oxygens (including phenoxy) is 1. The number of nitrogens with zero attached hydrogens (tertiary/aromatic N) is 2. The SMILES string of the molecule is COCCN=C(N)NC(=S)NCc1ncccc1Cl. The van der Waals surface area contributed by atoms with Crippen LogP contribution < -0.4 is 16.4 Å². The fourth-order valence-corrected chi connectivity index (χ4v) is 1.53. The van der Waals surface area contributed by atoms with Crippen molar-refractivity contribution in [3.63, 3.8) is 0 Å². The Balaban J connectivity index is 2.36. The summed E-state index contributed by atoms with van der Waals surface area (Å²) in [5, 5.41) is 6.64. The summed E-state index contributed by atoms with van der Waals surface area (Å²) in [6.45, 7) is 1.40. The van der Waals surface area contributed by atoms with E-state index in [2.05, 4.69) is 20.6 Å².